The molecule has 0 unspecified atom stereocenters. The number of carbonyl (C=O) groups is 1. The molecular formula is C18H20N6O. The fraction of sp³-hybridized carbons (Fsp3) is 0.278. The number of hydrogen-bond acceptors (Lipinski definition) is 5. The van der Waals surface area contributed by atoms with Crippen molar-refractivity contribution in [2.24, 2.45) is 0 Å². The van der Waals surface area contributed by atoms with Crippen LogP contribution in [0.2, 0.25) is 0 Å². The Morgan fingerprint density at radius 3 is 2.92 bits per heavy atom. The molecule has 0 saturated carbocycles. The van der Waals surface area contributed by atoms with E-state index in [1.165, 1.54) is 0 Å². The van der Waals surface area contributed by atoms with E-state index in [1.54, 1.807) is 12.4 Å². The van der Waals surface area contributed by atoms with Crippen molar-refractivity contribution in [1.29, 1.82) is 0 Å². The summed E-state index contributed by atoms with van der Waals surface area (Å²) in [5.74, 6) is 0.385. The highest BCUT2D eigenvalue weighted by atomic mass is 16.1. The van der Waals surface area contributed by atoms with Gasteiger partial charge >= 0.3 is 0 Å². The summed E-state index contributed by atoms with van der Waals surface area (Å²) < 4.78 is 0. The molecule has 0 aliphatic carbocycles. The number of pyridine rings is 1. The summed E-state index contributed by atoms with van der Waals surface area (Å²) in [6.45, 7) is 5.75. The Morgan fingerprint density at radius 1 is 1.24 bits per heavy atom. The average molecular weight is 336 g/mol. The Kier molecular flexibility index (Phi) is 4.07. The molecule has 1 saturated heterocycles. The van der Waals surface area contributed by atoms with E-state index in [0.29, 0.717) is 11.4 Å². The molecule has 0 bridgehead atoms. The largest absolute Gasteiger partial charge is 0.369 e. The van der Waals surface area contributed by atoms with Gasteiger partial charge in [-0.25, -0.2) is 4.98 Å². The van der Waals surface area contributed by atoms with Crippen LogP contribution in [0.5, 0.6) is 0 Å². The Labute approximate surface area is 145 Å². The minimum Gasteiger partial charge on any atom is -0.369 e. The van der Waals surface area contributed by atoms with Gasteiger partial charge in [-0.1, -0.05) is 6.07 Å². The van der Waals surface area contributed by atoms with Crippen LogP contribution >= 0.6 is 0 Å². The summed E-state index contributed by atoms with van der Waals surface area (Å²) >= 11 is 0. The summed E-state index contributed by atoms with van der Waals surface area (Å²) in [6.07, 6.45) is 3.42. The highest BCUT2D eigenvalue weighted by Crippen LogP contribution is 2.23. The maximum absolute atomic E-state index is 12.8. The molecule has 1 fully saturated rings. The second-order valence-corrected chi connectivity index (χ2v) is 6.18. The van der Waals surface area contributed by atoms with E-state index in [4.69, 9.17) is 0 Å². The zero-order chi connectivity index (χ0) is 17.2. The van der Waals surface area contributed by atoms with E-state index < -0.39 is 0 Å². The molecule has 2 aromatic heterocycles. The van der Waals surface area contributed by atoms with Crippen LogP contribution in [0.15, 0.2) is 36.7 Å². The van der Waals surface area contributed by atoms with Crippen molar-refractivity contribution in [2.45, 2.75) is 6.92 Å². The lowest BCUT2D eigenvalue weighted by Crippen LogP contribution is -2.43. The number of aromatic amines is 1. The molecule has 4 rings (SSSR count). The molecule has 1 amide bonds. The standard InChI is InChI=1S/C18H20N6O/c1-12-2-3-15-14(11-21-23-15)17(12)18(25)22-16-10-13(4-5-20-16)24-8-6-19-7-9-24/h2-5,10-11,19H,6-9H2,1H3,(H,21,23)(H,20,22,25). The third-order valence-electron chi connectivity index (χ3n) is 4.53. The first kappa shape index (κ1) is 15.6. The molecule has 1 aliphatic rings. The van der Waals surface area contributed by atoms with Gasteiger partial charge in [0.2, 0.25) is 0 Å². The number of piperazine rings is 1. The van der Waals surface area contributed by atoms with Crippen LogP contribution in [-0.4, -0.2) is 47.3 Å². The van der Waals surface area contributed by atoms with Gasteiger partial charge in [-0.05, 0) is 24.6 Å². The Bertz CT molecular complexity index is 913. The van der Waals surface area contributed by atoms with Gasteiger partial charge in [-0.3, -0.25) is 9.89 Å². The van der Waals surface area contributed by atoms with Gasteiger partial charge in [0.1, 0.15) is 5.82 Å². The number of aromatic nitrogens is 3. The smallest absolute Gasteiger partial charge is 0.257 e. The molecule has 0 radical (unpaired) electrons. The van der Waals surface area contributed by atoms with Crippen molar-refractivity contribution in [2.75, 3.05) is 36.4 Å². The number of amides is 1. The number of nitrogens with zero attached hydrogens (tertiary/aromatic N) is 3. The summed E-state index contributed by atoms with van der Waals surface area (Å²) in [5.41, 5.74) is 3.45. The zero-order valence-electron chi connectivity index (χ0n) is 14.0. The highest BCUT2D eigenvalue weighted by Gasteiger charge is 2.16. The second kappa shape index (κ2) is 6.52. The minimum atomic E-state index is -0.172. The molecule has 7 nitrogen and oxygen atoms in total. The fourth-order valence-corrected chi connectivity index (χ4v) is 3.21. The summed E-state index contributed by atoms with van der Waals surface area (Å²) in [4.78, 5) is 19.4. The van der Waals surface area contributed by atoms with E-state index >= 15 is 0 Å². The SMILES string of the molecule is Cc1ccc2[nH]ncc2c1C(=O)Nc1cc(N2CCNCC2)ccn1. The first-order valence-corrected chi connectivity index (χ1v) is 8.38. The number of rotatable bonds is 3. The topological polar surface area (TPSA) is 85.9 Å². The first-order chi connectivity index (χ1) is 12.2. The average Bonchev–Trinajstić information content (AvgIpc) is 3.11. The Balaban J connectivity index is 1.60. The predicted molar refractivity (Wildman–Crippen MR) is 98.1 cm³/mol. The number of benzene rings is 1. The maximum Gasteiger partial charge on any atom is 0.257 e. The molecule has 0 atom stereocenters. The molecule has 25 heavy (non-hydrogen) atoms. The van der Waals surface area contributed by atoms with Gasteiger partial charge in [0, 0.05) is 49.5 Å². The number of anilines is 2. The van der Waals surface area contributed by atoms with Gasteiger partial charge in [-0.2, -0.15) is 5.10 Å². The predicted octanol–water partition coefficient (Wildman–Crippen LogP) is 1.93. The third-order valence-corrected chi connectivity index (χ3v) is 4.53. The Morgan fingerprint density at radius 2 is 2.08 bits per heavy atom. The summed E-state index contributed by atoms with van der Waals surface area (Å²) in [6, 6.07) is 7.74. The number of aryl methyl sites for hydroxylation is 1. The van der Waals surface area contributed by atoms with Crippen LogP contribution in [0.25, 0.3) is 10.9 Å². The van der Waals surface area contributed by atoms with Gasteiger partial charge in [0.05, 0.1) is 17.3 Å². The number of nitrogens with one attached hydrogen (secondary N) is 3. The van der Waals surface area contributed by atoms with E-state index in [0.717, 1.165) is 48.3 Å². The lowest BCUT2D eigenvalue weighted by molar-refractivity contribution is 0.102. The number of carbonyl (C=O) groups excluding carboxylic acids is 1. The van der Waals surface area contributed by atoms with Crippen molar-refractivity contribution in [3.63, 3.8) is 0 Å². The lowest BCUT2D eigenvalue weighted by atomic mass is 10.0. The van der Waals surface area contributed by atoms with Gasteiger partial charge in [0.15, 0.2) is 0 Å². The number of hydrogen-bond donors (Lipinski definition) is 3. The molecule has 3 aromatic rings. The second-order valence-electron chi connectivity index (χ2n) is 6.18. The maximum atomic E-state index is 12.8. The van der Waals surface area contributed by atoms with E-state index in [1.807, 2.05) is 31.2 Å². The summed E-state index contributed by atoms with van der Waals surface area (Å²) in [7, 11) is 0. The van der Waals surface area contributed by atoms with Crippen molar-refractivity contribution < 1.29 is 4.79 Å². The van der Waals surface area contributed by atoms with Crippen LogP contribution in [-0.2, 0) is 0 Å². The van der Waals surface area contributed by atoms with Gasteiger partial charge < -0.3 is 15.5 Å². The van der Waals surface area contributed by atoms with Crippen LogP contribution < -0.4 is 15.5 Å². The summed E-state index contributed by atoms with van der Waals surface area (Å²) in [5, 5.41) is 14.0. The van der Waals surface area contributed by atoms with Crippen LogP contribution in [0.4, 0.5) is 11.5 Å². The molecule has 7 heteroatoms. The monoisotopic (exact) mass is 336 g/mol. The molecule has 3 N–H and O–H groups in total. The van der Waals surface area contributed by atoms with Crippen molar-refractivity contribution in [3.8, 4) is 0 Å². The lowest BCUT2D eigenvalue weighted by Gasteiger charge is -2.29. The van der Waals surface area contributed by atoms with Gasteiger partial charge in [-0.15, -0.1) is 0 Å². The number of H-pyrrole nitrogens is 1. The van der Waals surface area contributed by atoms with Crippen LogP contribution in [0, 0.1) is 6.92 Å². The Hall–Kier alpha value is -2.93. The highest BCUT2D eigenvalue weighted by molar-refractivity contribution is 6.13. The number of fused-ring (bicyclic) bond motifs is 1. The van der Waals surface area contributed by atoms with Crippen LogP contribution in [0.1, 0.15) is 15.9 Å². The molecule has 1 aliphatic heterocycles. The third kappa shape index (κ3) is 3.06. The molecular weight excluding hydrogens is 316 g/mol. The first-order valence-electron chi connectivity index (χ1n) is 8.38. The fourth-order valence-electron chi connectivity index (χ4n) is 3.21. The van der Waals surface area contributed by atoms with E-state index in [2.05, 4.69) is 30.7 Å². The zero-order valence-corrected chi connectivity index (χ0v) is 14.0. The van der Waals surface area contributed by atoms with Crippen LogP contribution in [0.3, 0.4) is 0 Å². The van der Waals surface area contributed by atoms with Crippen molar-refractivity contribution >= 4 is 28.3 Å². The minimum absolute atomic E-state index is 0.172. The molecule has 3 heterocycles. The van der Waals surface area contributed by atoms with Crippen molar-refractivity contribution in [1.82, 2.24) is 20.5 Å². The quantitative estimate of drug-likeness (QED) is 0.680. The molecule has 128 valence electrons. The van der Waals surface area contributed by atoms with E-state index in [-0.39, 0.29) is 5.91 Å². The van der Waals surface area contributed by atoms with Gasteiger partial charge in [0.25, 0.3) is 5.91 Å². The molecule has 1 aromatic carbocycles. The normalized spacial score (nSPS) is 14.7. The van der Waals surface area contributed by atoms with Crippen molar-refractivity contribution in [3.05, 3.63) is 47.8 Å². The van der Waals surface area contributed by atoms with E-state index in [9.17, 15) is 4.79 Å². The molecule has 0 spiro atoms.